The van der Waals surface area contributed by atoms with Crippen molar-refractivity contribution in [1.29, 1.82) is 0 Å². The van der Waals surface area contributed by atoms with E-state index < -0.39 is 0 Å². The monoisotopic (exact) mass is 359 g/mol. The number of nitrogens with two attached hydrogens (primary N) is 1. The molecule has 0 radical (unpaired) electrons. The number of hydrogen-bond acceptors (Lipinski definition) is 5. The van der Waals surface area contributed by atoms with Gasteiger partial charge in [0.25, 0.3) is 0 Å². The van der Waals surface area contributed by atoms with E-state index in [-0.39, 0.29) is 0 Å². The lowest BCUT2D eigenvalue weighted by Crippen LogP contribution is -1.97. The van der Waals surface area contributed by atoms with Crippen molar-refractivity contribution in [2.24, 2.45) is 0 Å². The number of rotatable bonds is 2. The van der Waals surface area contributed by atoms with Crippen LogP contribution in [0.5, 0.6) is 0 Å². The largest absolute Gasteiger partial charge is 0.382 e. The van der Waals surface area contributed by atoms with Crippen LogP contribution in [0.4, 0.5) is 5.82 Å². The number of hydrogen-bond donors (Lipinski definition) is 1. The van der Waals surface area contributed by atoms with Gasteiger partial charge in [0.1, 0.15) is 5.69 Å². The zero-order valence-electron chi connectivity index (χ0n) is 13.1. The number of benzene rings is 2. The Kier molecular flexibility index (Phi) is 3.29. The van der Waals surface area contributed by atoms with Gasteiger partial charge in [-0.2, -0.15) is 0 Å². The fourth-order valence-electron chi connectivity index (χ4n) is 2.91. The molecule has 0 bridgehead atoms. The van der Waals surface area contributed by atoms with E-state index in [0.717, 1.165) is 21.1 Å². The summed E-state index contributed by atoms with van der Waals surface area (Å²) in [6.45, 7) is 0. The van der Waals surface area contributed by atoms with Crippen LogP contribution < -0.4 is 5.73 Å². The zero-order chi connectivity index (χ0) is 16.8. The molecule has 0 aliphatic rings. The average Bonchev–Trinajstić information content (AvgIpc) is 3.26. The Morgan fingerprint density at radius 2 is 1.36 bits per heavy atom. The van der Waals surface area contributed by atoms with E-state index in [1.807, 2.05) is 12.1 Å². The molecule has 0 amide bonds. The van der Waals surface area contributed by atoms with Gasteiger partial charge < -0.3 is 5.73 Å². The van der Waals surface area contributed by atoms with Gasteiger partial charge in [-0.15, -0.1) is 22.7 Å². The second-order valence-corrected chi connectivity index (χ2v) is 7.95. The number of anilines is 1. The predicted molar refractivity (Wildman–Crippen MR) is 108 cm³/mol. The molecule has 3 nitrogen and oxygen atoms in total. The second-order valence-electron chi connectivity index (χ2n) is 5.79. The molecule has 5 rings (SSSR count). The summed E-state index contributed by atoms with van der Waals surface area (Å²) in [5, 5.41) is 2.43. The van der Waals surface area contributed by atoms with E-state index in [1.165, 1.54) is 20.2 Å². The van der Waals surface area contributed by atoms with Gasteiger partial charge in [0, 0.05) is 9.40 Å². The van der Waals surface area contributed by atoms with Crippen LogP contribution in [0, 0.1) is 0 Å². The van der Waals surface area contributed by atoms with Crippen LogP contribution in [-0.2, 0) is 0 Å². The highest BCUT2D eigenvalue weighted by molar-refractivity contribution is 7.22. The Morgan fingerprint density at radius 1 is 0.760 bits per heavy atom. The Hall–Kier alpha value is -2.76. The molecule has 5 heteroatoms. The van der Waals surface area contributed by atoms with Crippen molar-refractivity contribution >= 4 is 48.7 Å². The molecule has 3 aromatic heterocycles. The highest BCUT2D eigenvalue weighted by Crippen LogP contribution is 2.37. The molecular weight excluding hydrogens is 346 g/mol. The molecule has 0 fully saturated rings. The fraction of sp³-hybridized carbons (Fsp3) is 0. The van der Waals surface area contributed by atoms with Crippen molar-refractivity contribution in [2.75, 3.05) is 5.73 Å². The normalized spacial score (nSPS) is 11.4. The molecule has 0 aliphatic heterocycles. The molecule has 2 aromatic carbocycles. The highest BCUT2D eigenvalue weighted by atomic mass is 32.1. The van der Waals surface area contributed by atoms with Crippen LogP contribution in [-0.4, -0.2) is 9.97 Å². The SMILES string of the molecule is Nc1ncc(-c2cc3ccccc3s2)nc1-c1cc2ccccc2s1. The maximum absolute atomic E-state index is 6.13. The summed E-state index contributed by atoms with van der Waals surface area (Å²) in [4.78, 5) is 11.4. The van der Waals surface area contributed by atoms with E-state index in [1.54, 1.807) is 28.9 Å². The standard InChI is InChI=1S/C20H13N3S2/c21-20-19(18-10-13-6-2-4-8-16(13)25-18)23-14(11-22-20)17-9-12-5-1-3-7-15(12)24-17/h1-11H,(H2,21,22). The first-order chi connectivity index (χ1) is 12.3. The fourth-order valence-corrected chi connectivity index (χ4v) is 4.98. The minimum Gasteiger partial charge on any atom is -0.382 e. The summed E-state index contributed by atoms with van der Waals surface area (Å²) in [6.07, 6.45) is 1.76. The first-order valence-electron chi connectivity index (χ1n) is 7.88. The lowest BCUT2D eigenvalue weighted by atomic mass is 10.2. The summed E-state index contributed by atoms with van der Waals surface area (Å²) in [6, 6.07) is 21.0. The second kappa shape index (κ2) is 5.65. The van der Waals surface area contributed by atoms with Crippen LogP contribution in [0.3, 0.4) is 0 Å². The van der Waals surface area contributed by atoms with Crippen LogP contribution in [0.25, 0.3) is 41.3 Å². The first kappa shape index (κ1) is 14.6. The molecular formula is C20H13N3S2. The number of nitrogen functional groups attached to an aromatic ring is 1. The molecule has 5 aromatic rings. The summed E-state index contributed by atoms with van der Waals surface area (Å²) in [5.41, 5.74) is 7.76. The molecule has 0 saturated carbocycles. The quantitative estimate of drug-likeness (QED) is 0.432. The third-order valence-corrected chi connectivity index (χ3v) is 6.40. The molecule has 0 saturated heterocycles. The summed E-state index contributed by atoms with van der Waals surface area (Å²) < 4.78 is 2.48. The molecule has 0 aliphatic carbocycles. The molecule has 0 atom stereocenters. The van der Waals surface area contributed by atoms with E-state index in [4.69, 9.17) is 10.7 Å². The van der Waals surface area contributed by atoms with Gasteiger partial charge in [-0.25, -0.2) is 9.97 Å². The van der Waals surface area contributed by atoms with Gasteiger partial charge in [-0.05, 0) is 35.0 Å². The molecule has 25 heavy (non-hydrogen) atoms. The summed E-state index contributed by atoms with van der Waals surface area (Å²) >= 11 is 3.42. The van der Waals surface area contributed by atoms with Gasteiger partial charge in [0.2, 0.25) is 0 Å². The van der Waals surface area contributed by atoms with Crippen LogP contribution in [0.2, 0.25) is 0 Å². The van der Waals surface area contributed by atoms with E-state index in [9.17, 15) is 0 Å². The predicted octanol–water partition coefficient (Wildman–Crippen LogP) is 5.82. The van der Waals surface area contributed by atoms with Crippen molar-refractivity contribution in [3.63, 3.8) is 0 Å². The number of thiophene rings is 2. The molecule has 0 unspecified atom stereocenters. The lowest BCUT2D eigenvalue weighted by Gasteiger charge is -2.03. The van der Waals surface area contributed by atoms with Gasteiger partial charge in [-0.3, -0.25) is 0 Å². The third kappa shape index (κ3) is 2.49. The van der Waals surface area contributed by atoms with E-state index in [0.29, 0.717) is 5.82 Å². The summed E-state index contributed by atoms with van der Waals surface area (Å²) in [7, 11) is 0. The van der Waals surface area contributed by atoms with Gasteiger partial charge in [0.05, 0.1) is 21.6 Å². The van der Waals surface area contributed by atoms with Crippen molar-refractivity contribution in [1.82, 2.24) is 9.97 Å². The molecule has 3 heterocycles. The summed E-state index contributed by atoms with van der Waals surface area (Å²) in [5.74, 6) is 0.469. The zero-order valence-corrected chi connectivity index (χ0v) is 14.8. The van der Waals surface area contributed by atoms with Crippen molar-refractivity contribution in [3.05, 3.63) is 66.9 Å². The highest BCUT2D eigenvalue weighted by Gasteiger charge is 2.13. The maximum atomic E-state index is 6.13. The number of nitrogens with zero attached hydrogens (tertiary/aromatic N) is 2. The van der Waals surface area contributed by atoms with Crippen molar-refractivity contribution in [3.8, 4) is 21.1 Å². The van der Waals surface area contributed by atoms with Gasteiger partial charge >= 0.3 is 0 Å². The van der Waals surface area contributed by atoms with E-state index >= 15 is 0 Å². The molecule has 0 spiro atoms. The van der Waals surface area contributed by atoms with Crippen molar-refractivity contribution in [2.45, 2.75) is 0 Å². The van der Waals surface area contributed by atoms with E-state index in [2.05, 4.69) is 53.5 Å². The minimum atomic E-state index is 0.469. The third-order valence-electron chi connectivity index (χ3n) is 4.14. The van der Waals surface area contributed by atoms with Gasteiger partial charge in [0.15, 0.2) is 5.82 Å². The smallest absolute Gasteiger partial charge is 0.150 e. The van der Waals surface area contributed by atoms with Crippen molar-refractivity contribution < 1.29 is 0 Å². The number of fused-ring (bicyclic) bond motifs is 2. The topological polar surface area (TPSA) is 51.8 Å². The maximum Gasteiger partial charge on any atom is 0.150 e. The first-order valence-corrected chi connectivity index (χ1v) is 9.52. The van der Waals surface area contributed by atoms with Crippen LogP contribution in [0.15, 0.2) is 66.9 Å². The Bertz CT molecular complexity index is 1150. The number of aromatic nitrogens is 2. The minimum absolute atomic E-state index is 0.469. The molecule has 2 N–H and O–H groups in total. The lowest BCUT2D eigenvalue weighted by molar-refractivity contribution is 1.23. The Balaban J connectivity index is 1.66. The average molecular weight is 359 g/mol. The molecule has 120 valence electrons. The van der Waals surface area contributed by atoms with Crippen LogP contribution >= 0.6 is 22.7 Å². The Morgan fingerprint density at radius 3 is 2.04 bits per heavy atom. The van der Waals surface area contributed by atoms with Crippen LogP contribution in [0.1, 0.15) is 0 Å². The Labute approximate surface area is 152 Å². The van der Waals surface area contributed by atoms with Gasteiger partial charge in [-0.1, -0.05) is 36.4 Å².